The van der Waals surface area contributed by atoms with Gasteiger partial charge in [-0.05, 0) is 57.3 Å². The first-order chi connectivity index (χ1) is 60.6. The SMILES string of the molecule is C[C@@H]1C(COCc2ccccc2)O[C@H](OCN(Cc2ccccc2)C(=O)OCc2ccccc2)C(O[C@H]2OC(COCc3ccccc3)[C@@H](O[C@@H]3OC(COCc4ccccc4)[C@@H](C)[C@H](O)C3OC(=O)c3ccccc3)[C@H](O)C2OCc2ccccc2)[C@H]1C.NCO[C@H]1OC(CO)[C@@H](O)[C@H](O)C1O[C@H]1OC(CO)[C@@H](O[C@@H]2OC(CO)[C@@H](O)[C@H](O)C2O)[C@H](O)C1O. The molecule has 6 fully saturated rings. The fraction of sp³-hybridized carbons (Fsp3) is 0.516. The fourth-order valence-electron chi connectivity index (χ4n) is 15.4. The zero-order valence-corrected chi connectivity index (χ0v) is 69.5. The van der Waals surface area contributed by atoms with E-state index < -0.39 is 210 Å². The molecule has 0 bridgehead atoms. The standard InChI is InChI=1S/C72H81NO16.C19H35NO16/c1-49-50(2)64(69(84-59(49)45-78-40-53-27-13-5-14-28-53)83-48-73(39-52-25-11-4-12-26-52)72(77)82-44-57-35-21-9-22-36-57)88-70-66(81-43-56-33-19-8-20-34-56)63(75)65(61(86-70)47-80-42-55-31-17-7-18-32-55)89-71-67(87-68(76)58-37-23-10-24-38-58)62(74)51(3)60(85-71)46-79-41-54-29-15-6-16-30-54;20-4-31-19-16(11(27)9(25)6(2-22)33-19)36-18-14(30)12(28)15(7(3-23)34-18)35-17-13(29)10(26)8(24)5(1-21)32-17/h4-38,49-51,59-67,69-71,74-75H,39-48H2,1-3H3;5-19,21-30H,1-4,20H2/t49-,50-,51+,59?,60?,61?,62-,63-,64?,65+,66?,67?,69-,70+,71-;5?,6?,7?,8-,9-,10+,11+,12-,13?,14?,15-,16?,17+,18-,19+/m01/s1. The lowest BCUT2D eigenvalue weighted by Gasteiger charge is -2.50. The van der Waals surface area contributed by atoms with Crippen LogP contribution >= 0.6 is 0 Å². The Morgan fingerprint density at radius 2 is 0.704 bits per heavy atom. The number of benzene rings is 7. The molecule has 1 amide bonds. The Balaban J connectivity index is 0.000000329. The van der Waals surface area contributed by atoms with Crippen LogP contribution in [0.2, 0.25) is 0 Å². The Morgan fingerprint density at radius 1 is 0.328 bits per heavy atom. The third-order valence-corrected chi connectivity index (χ3v) is 22.9. The molecule has 6 heterocycles. The van der Waals surface area contributed by atoms with Crippen molar-refractivity contribution in [2.24, 2.45) is 23.5 Å². The molecule has 6 saturated heterocycles. The van der Waals surface area contributed by atoms with Crippen molar-refractivity contribution in [3.63, 3.8) is 0 Å². The quantitative estimate of drug-likeness (QED) is 0.0196. The topological polar surface area (TPSA) is 472 Å². The summed E-state index contributed by atoms with van der Waals surface area (Å²) in [6.45, 7) is 4.05. The number of esters is 1. The van der Waals surface area contributed by atoms with Gasteiger partial charge in [0.05, 0.1) is 97.1 Å². The van der Waals surface area contributed by atoms with Gasteiger partial charge in [0.15, 0.2) is 43.8 Å². The second-order valence-corrected chi connectivity index (χ2v) is 31.6. The number of nitrogens with two attached hydrogens (primary N) is 1. The summed E-state index contributed by atoms with van der Waals surface area (Å²) in [5.41, 5.74) is 10.9. The van der Waals surface area contributed by atoms with Crippen LogP contribution in [0.15, 0.2) is 212 Å². The van der Waals surface area contributed by atoms with E-state index in [-0.39, 0.29) is 76.9 Å². The van der Waals surface area contributed by atoms with Gasteiger partial charge in [-0.15, -0.1) is 0 Å². The molecule has 34 nitrogen and oxygen atoms in total. The van der Waals surface area contributed by atoms with Crippen molar-refractivity contribution in [3.8, 4) is 0 Å². The van der Waals surface area contributed by atoms with Gasteiger partial charge in [-0.1, -0.05) is 221 Å². The van der Waals surface area contributed by atoms with Gasteiger partial charge in [0.2, 0.25) is 0 Å². The van der Waals surface area contributed by atoms with E-state index in [1.165, 1.54) is 4.90 Å². The number of hydrogen-bond donors (Lipinski definition) is 13. The Kier molecular flexibility index (Phi) is 36.9. The summed E-state index contributed by atoms with van der Waals surface area (Å²) < 4.78 is 112. The van der Waals surface area contributed by atoms with E-state index in [1.807, 2.05) is 189 Å². The molecule has 34 heteroatoms. The molecule has 125 heavy (non-hydrogen) atoms. The minimum Gasteiger partial charge on any atom is -0.451 e. The van der Waals surface area contributed by atoms with Crippen LogP contribution in [0, 0.1) is 17.8 Å². The number of amides is 1. The van der Waals surface area contributed by atoms with Crippen molar-refractivity contribution in [3.05, 3.63) is 251 Å². The number of hydrogen-bond acceptors (Lipinski definition) is 33. The molecule has 0 aromatic heterocycles. The molecule has 0 spiro atoms. The molecular formula is C91H116N2O32. The Labute approximate surface area is 724 Å². The highest BCUT2D eigenvalue weighted by Gasteiger charge is 2.57. The van der Waals surface area contributed by atoms with E-state index in [0.717, 1.165) is 33.4 Å². The average molecular weight is 1750 g/mol. The highest BCUT2D eigenvalue weighted by molar-refractivity contribution is 5.89. The molecule has 30 atom stereocenters. The molecule has 0 aliphatic carbocycles. The van der Waals surface area contributed by atoms with Gasteiger partial charge in [-0.3, -0.25) is 4.90 Å². The van der Waals surface area contributed by atoms with E-state index in [1.54, 1.807) is 37.3 Å². The predicted octanol–water partition coefficient (Wildman–Crippen LogP) is 3.20. The first-order valence-corrected chi connectivity index (χ1v) is 41.8. The second kappa shape index (κ2) is 48.0. The summed E-state index contributed by atoms with van der Waals surface area (Å²) in [7, 11) is 0. The molecule has 6 aliphatic rings. The molecule has 0 radical (unpaired) electrons. The molecule has 7 aromatic carbocycles. The second-order valence-electron chi connectivity index (χ2n) is 31.6. The Bertz CT molecular complexity index is 4230. The van der Waals surface area contributed by atoms with Crippen molar-refractivity contribution in [2.45, 2.75) is 226 Å². The van der Waals surface area contributed by atoms with Gasteiger partial charge in [-0.2, -0.15) is 0 Å². The van der Waals surface area contributed by atoms with Gasteiger partial charge in [0.25, 0.3) is 0 Å². The van der Waals surface area contributed by atoms with E-state index in [2.05, 4.69) is 6.92 Å². The number of carbonyl (C=O) groups excluding carboxylic acids is 2. The summed E-state index contributed by atoms with van der Waals surface area (Å²) in [6.07, 6.45) is -39.2. The summed E-state index contributed by atoms with van der Waals surface area (Å²) in [6, 6.07) is 66.0. The van der Waals surface area contributed by atoms with Crippen molar-refractivity contribution in [2.75, 3.05) is 53.1 Å². The average Bonchev–Trinajstić information content (AvgIpc) is 0.776. The molecule has 682 valence electrons. The van der Waals surface area contributed by atoms with E-state index >= 15 is 0 Å². The van der Waals surface area contributed by atoms with Crippen LogP contribution in [0.25, 0.3) is 0 Å². The highest BCUT2D eigenvalue weighted by atomic mass is 16.8. The monoisotopic (exact) mass is 1750 g/mol. The van der Waals surface area contributed by atoms with Crippen LogP contribution in [0.5, 0.6) is 0 Å². The lowest BCUT2D eigenvalue weighted by atomic mass is 9.83. The third kappa shape index (κ3) is 25.8. The number of nitrogens with zero attached hydrogens (tertiary/aromatic N) is 1. The summed E-state index contributed by atoms with van der Waals surface area (Å²) in [5.74, 6) is -1.88. The van der Waals surface area contributed by atoms with Crippen LogP contribution < -0.4 is 5.73 Å². The first kappa shape index (κ1) is 96.2. The summed E-state index contributed by atoms with van der Waals surface area (Å²) in [5, 5.41) is 126. The predicted molar refractivity (Wildman–Crippen MR) is 438 cm³/mol. The van der Waals surface area contributed by atoms with Gasteiger partial charge in [0.1, 0.15) is 123 Å². The van der Waals surface area contributed by atoms with Crippen LogP contribution in [-0.4, -0.2) is 297 Å². The number of rotatable bonds is 37. The van der Waals surface area contributed by atoms with Crippen molar-refractivity contribution in [1.29, 1.82) is 0 Å². The lowest BCUT2D eigenvalue weighted by Crippen LogP contribution is -2.66. The Hall–Kier alpha value is -7.88. The van der Waals surface area contributed by atoms with Gasteiger partial charge >= 0.3 is 12.1 Å². The number of ether oxygens (including phenoxy) is 18. The zero-order valence-electron chi connectivity index (χ0n) is 69.5. The normalized spacial score (nSPS) is 33.6. The maximum atomic E-state index is 14.2. The first-order valence-electron chi connectivity index (χ1n) is 41.8. The molecule has 13 rings (SSSR count). The van der Waals surface area contributed by atoms with Crippen LogP contribution in [0.1, 0.15) is 64.5 Å². The van der Waals surface area contributed by atoms with E-state index in [4.69, 9.17) is 91.0 Å². The number of carbonyl (C=O) groups is 2. The summed E-state index contributed by atoms with van der Waals surface area (Å²) >= 11 is 0. The molecule has 14 N–H and O–H groups in total. The van der Waals surface area contributed by atoms with Gasteiger partial charge in [0, 0.05) is 5.92 Å². The van der Waals surface area contributed by atoms with Gasteiger partial charge < -0.3 is 152 Å². The minimum absolute atomic E-state index is 0.00932. The lowest BCUT2D eigenvalue weighted by molar-refractivity contribution is -0.384. The maximum Gasteiger partial charge on any atom is 0.412 e. The smallest absolute Gasteiger partial charge is 0.412 e. The number of aliphatic hydroxyl groups is 12. The maximum absolute atomic E-state index is 14.2. The largest absolute Gasteiger partial charge is 0.451 e. The molecule has 6 aliphatic heterocycles. The number of aliphatic hydroxyl groups excluding tert-OH is 12. The summed E-state index contributed by atoms with van der Waals surface area (Å²) in [4.78, 5) is 29.6. The van der Waals surface area contributed by atoms with Crippen molar-refractivity contribution >= 4 is 12.1 Å². The third-order valence-electron chi connectivity index (χ3n) is 22.9. The highest BCUT2D eigenvalue weighted by Crippen LogP contribution is 2.41. The molecular weight excluding hydrogens is 1630 g/mol. The van der Waals surface area contributed by atoms with Crippen molar-refractivity contribution < 1.29 is 156 Å². The Morgan fingerprint density at radius 3 is 1.22 bits per heavy atom. The van der Waals surface area contributed by atoms with Crippen LogP contribution in [0.3, 0.4) is 0 Å². The van der Waals surface area contributed by atoms with E-state index in [0.29, 0.717) is 6.61 Å². The van der Waals surface area contributed by atoms with Crippen LogP contribution in [0.4, 0.5) is 4.79 Å². The zero-order chi connectivity index (χ0) is 88.5. The minimum atomic E-state index is -1.90. The van der Waals surface area contributed by atoms with Crippen LogP contribution in [-0.2, 0) is 125 Å². The molecule has 7 aromatic rings. The molecule has 0 saturated carbocycles. The fourth-order valence-corrected chi connectivity index (χ4v) is 15.4. The molecule has 12 unspecified atom stereocenters. The van der Waals surface area contributed by atoms with E-state index in [9.17, 15) is 70.9 Å². The van der Waals surface area contributed by atoms with Crippen molar-refractivity contribution in [1.82, 2.24) is 4.90 Å². The van der Waals surface area contributed by atoms with Gasteiger partial charge in [-0.25, -0.2) is 9.59 Å².